The van der Waals surface area contributed by atoms with Crippen LogP contribution >= 0.6 is 0 Å². The third-order valence-corrected chi connectivity index (χ3v) is 3.58. The van der Waals surface area contributed by atoms with Gasteiger partial charge in [0.25, 0.3) is 0 Å². The first kappa shape index (κ1) is 9.22. The molecule has 2 aliphatic heterocycles. The first-order valence-corrected chi connectivity index (χ1v) is 5.89. The summed E-state index contributed by atoms with van der Waals surface area (Å²) in [6.45, 7) is 2.31. The van der Waals surface area contributed by atoms with Gasteiger partial charge in [-0.3, -0.25) is 0 Å². The zero-order chi connectivity index (χ0) is 10.1. The van der Waals surface area contributed by atoms with Crippen molar-refractivity contribution in [1.82, 2.24) is 5.32 Å². The van der Waals surface area contributed by atoms with Gasteiger partial charge in [0.1, 0.15) is 11.9 Å². The Morgan fingerprint density at radius 1 is 1.13 bits per heavy atom. The number of fused-ring (bicyclic) bond motifs is 1. The van der Waals surface area contributed by atoms with Gasteiger partial charge >= 0.3 is 0 Å². The van der Waals surface area contributed by atoms with Crippen LogP contribution in [0.4, 0.5) is 0 Å². The summed E-state index contributed by atoms with van der Waals surface area (Å²) in [4.78, 5) is 0. The van der Waals surface area contributed by atoms with Crippen LogP contribution in [0.1, 0.15) is 18.4 Å². The Morgan fingerprint density at radius 3 is 2.73 bits per heavy atom. The lowest BCUT2D eigenvalue weighted by Gasteiger charge is -2.27. The molecule has 1 aromatic rings. The largest absolute Gasteiger partial charge is 0.490 e. The summed E-state index contributed by atoms with van der Waals surface area (Å²) in [5.41, 5.74) is 1.39. The second-order valence-corrected chi connectivity index (χ2v) is 4.56. The van der Waals surface area contributed by atoms with E-state index in [9.17, 15) is 0 Å². The van der Waals surface area contributed by atoms with Crippen molar-refractivity contribution in [2.45, 2.75) is 25.4 Å². The highest BCUT2D eigenvalue weighted by molar-refractivity contribution is 5.37. The minimum absolute atomic E-state index is 0.435. The van der Waals surface area contributed by atoms with E-state index in [0.717, 1.165) is 31.2 Å². The van der Waals surface area contributed by atoms with Gasteiger partial charge in [0.15, 0.2) is 0 Å². The molecular formula is C13H17NO. The number of rotatable bonds is 1. The maximum Gasteiger partial charge on any atom is 0.123 e. The Labute approximate surface area is 90.6 Å². The van der Waals surface area contributed by atoms with Crippen molar-refractivity contribution in [2.75, 3.05) is 13.1 Å². The van der Waals surface area contributed by atoms with Crippen molar-refractivity contribution in [3.05, 3.63) is 29.8 Å². The summed E-state index contributed by atoms with van der Waals surface area (Å²) in [5.74, 6) is 1.86. The fraction of sp³-hybridized carbons (Fsp3) is 0.538. The Hall–Kier alpha value is -1.02. The van der Waals surface area contributed by atoms with E-state index in [-0.39, 0.29) is 0 Å². The first-order chi connectivity index (χ1) is 7.43. The summed E-state index contributed by atoms with van der Waals surface area (Å²) in [6, 6.07) is 8.45. The normalized spacial score (nSPS) is 26.0. The van der Waals surface area contributed by atoms with Crippen molar-refractivity contribution < 1.29 is 4.74 Å². The predicted molar refractivity (Wildman–Crippen MR) is 60.2 cm³/mol. The average molecular weight is 203 g/mol. The van der Waals surface area contributed by atoms with Crippen molar-refractivity contribution in [3.63, 3.8) is 0 Å². The molecule has 2 heteroatoms. The molecule has 0 radical (unpaired) electrons. The molecule has 0 saturated carbocycles. The van der Waals surface area contributed by atoms with Gasteiger partial charge in [-0.15, -0.1) is 0 Å². The van der Waals surface area contributed by atoms with Gasteiger partial charge < -0.3 is 10.1 Å². The molecule has 1 saturated heterocycles. The summed E-state index contributed by atoms with van der Waals surface area (Å²) in [7, 11) is 0. The average Bonchev–Trinajstić information content (AvgIpc) is 2.74. The van der Waals surface area contributed by atoms with Gasteiger partial charge in [0, 0.05) is 6.42 Å². The number of benzene rings is 1. The molecule has 0 unspecified atom stereocenters. The number of hydrogen-bond acceptors (Lipinski definition) is 2. The molecule has 0 aromatic heterocycles. The van der Waals surface area contributed by atoms with Crippen LogP contribution in [0, 0.1) is 5.92 Å². The first-order valence-electron chi connectivity index (χ1n) is 5.89. The molecule has 0 amide bonds. The second-order valence-electron chi connectivity index (χ2n) is 4.56. The fourth-order valence-corrected chi connectivity index (χ4v) is 2.69. The van der Waals surface area contributed by atoms with Gasteiger partial charge in [-0.25, -0.2) is 0 Å². The highest BCUT2D eigenvalue weighted by Gasteiger charge is 2.30. The molecule has 2 heterocycles. The Morgan fingerprint density at radius 2 is 1.93 bits per heavy atom. The van der Waals surface area contributed by atoms with Crippen LogP contribution in [0.5, 0.6) is 5.75 Å². The van der Waals surface area contributed by atoms with Gasteiger partial charge in [-0.1, -0.05) is 18.2 Å². The van der Waals surface area contributed by atoms with Crippen LogP contribution in [0.2, 0.25) is 0 Å². The van der Waals surface area contributed by atoms with Crippen LogP contribution in [0.25, 0.3) is 0 Å². The molecule has 3 rings (SSSR count). The summed E-state index contributed by atoms with van der Waals surface area (Å²) in [6.07, 6.45) is 4.07. The van der Waals surface area contributed by atoms with Crippen molar-refractivity contribution in [2.24, 2.45) is 5.92 Å². The van der Waals surface area contributed by atoms with E-state index in [1.54, 1.807) is 0 Å². The fourth-order valence-electron chi connectivity index (χ4n) is 2.69. The maximum atomic E-state index is 6.02. The maximum absolute atomic E-state index is 6.02. The highest BCUT2D eigenvalue weighted by atomic mass is 16.5. The molecule has 0 spiro atoms. The minimum Gasteiger partial charge on any atom is -0.490 e. The van der Waals surface area contributed by atoms with E-state index >= 15 is 0 Å². The van der Waals surface area contributed by atoms with Gasteiger partial charge in [0.05, 0.1) is 0 Å². The smallest absolute Gasteiger partial charge is 0.123 e. The molecule has 80 valence electrons. The molecule has 1 aromatic carbocycles. The van der Waals surface area contributed by atoms with E-state index in [1.807, 2.05) is 0 Å². The number of ether oxygens (including phenoxy) is 1. The molecule has 15 heavy (non-hydrogen) atoms. The third-order valence-electron chi connectivity index (χ3n) is 3.58. The highest BCUT2D eigenvalue weighted by Crippen LogP contribution is 2.33. The molecule has 1 atom stereocenters. The van der Waals surface area contributed by atoms with Gasteiger partial charge in [0.2, 0.25) is 0 Å². The van der Waals surface area contributed by atoms with E-state index in [0.29, 0.717) is 6.10 Å². The molecule has 1 N–H and O–H groups in total. The van der Waals surface area contributed by atoms with Gasteiger partial charge in [-0.2, -0.15) is 0 Å². The van der Waals surface area contributed by atoms with Crippen LogP contribution in [0.3, 0.4) is 0 Å². The van der Waals surface area contributed by atoms with E-state index in [2.05, 4.69) is 29.6 Å². The monoisotopic (exact) mass is 203 g/mol. The zero-order valence-electron chi connectivity index (χ0n) is 8.91. The van der Waals surface area contributed by atoms with Gasteiger partial charge in [-0.05, 0) is 43.5 Å². The minimum atomic E-state index is 0.435. The predicted octanol–water partition coefficient (Wildman–Crippen LogP) is 1.99. The lowest BCUT2D eigenvalue weighted by Crippen LogP contribution is -2.36. The summed E-state index contributed by atoms with van der Waals surface area (Å²) < 4.78 is 6.02. The lowest BCUT2D eigenvalue weighted by atomic mass is 9.90. The summed E-state index contributed by atoms with van der Waals surface area (Å²) >= 11 is 0. The molecule has 0 bridgehead atoms. The topological polar surface area (TPSA) is 21.3 Å². The quantitative estimate of drug-likeness (QED) is 0.753. The van der Waals surface area contributed by atoms with E-state index < -0.39 is 0 Å². The Bertz CT molecular complexity index is 319. The molecule has 1 fully saturated rings. The van der Waals surface area contributed by atoms with Crippen molar-refractivity contribution in [3.8, 4) is 5.75 Å². The number of nitrogens with one attached hydrogen (secondary N) is 1. The molecule has 2 aliphatic rings. The standard InChI is InChI=1S/C13H17NO/c1-2-4-12-11(3-1)9-13(15-12)10-5-7-14-8-6-10/h1-4,10,13-14H,5-9H2/t13-/m0/s1. The number of piperidine rings is 1. The van der Waals surface area contributed by atoms with Crippen molar-refractivity contribution >= 4 is 0 Å². The summed E-state index contributed by atoms with van der Waals surface area (Å²) in [5, 5.41) is 3.40. The van der Waals surface area contributed by atoms with Crippen LogP contribution in [-0.4, -0.2) is 19.2 Å². The molecule has 2 nitrogen and oxygen atoms in total. The number of hydrogen-bond donors (Lipinski definition) is 1. The second kappa shape index (κ2) is 3.86. The lowest BCUT2D eigenvalue weighted by molar-refractivity contribution is 0.134. The Balaban J connectivity index is 1.72. The Kier molecular flexibility index (Phi) is 2.37. The van der Waals surface area contributed by atoms with Crippen LogP contribution in [-0.2, 0) is 6.42 Å². The molecule has 0 aliphatic carbocycles. The van der Waals surface area contributed by atoms with Crippen LogP contribution < -0.4 is 10.1 Å². The third kappa shape index (κ3) is 1.74. The zero-order valence-corrected chi connectivity index (χ0v) is 8.91. The van der Waals surface area contributed by atoms with E-state index in [1.165, 1.54) is 18.4 Å². The molecular weight excluding hydrogens is 186 g/mol. The van der Waals surface area contributed by atoms with Crippen LogP contribution in [0.15, 0.2) is 24.3 Å². The SMILES string of the molecule is c1ccc2c(c1)C[C@@H](C1CCNCC1)O2. The number of para-hydroxylation sites is 1. The van der Waals surface area contributed by atoms with E-state index in [4.69, 9.17) is 4.74 Å². The van der Waals surface area contributed by atoms with Crippen molar-refractivity contribution in [1.29, 1.82) is 0 Å².